The summed E-state index contributed by atoms with van der Waals surface area (Å²) >= 11 is 0. The normalized spacial score (nSPS) is 13.8. The standard InChI is InChI=1S/C13H20N4O/c1-13(2,3)10(14-4)8-11-16-12(17-18-11)9-6-5-7-15-9/h5-7,10,14-15H,8H2,1-4H3. The van der Waals surface area contributed by atoms with E-state index in [4.69, 9.17) is 4.52 Å². The molecule has 0 fully saturated rings. The van der Waals surface area contributed by atoms with E-state index < -0.39 is 0 Å². The Bertz CT molecular complexity index is 481. The highest BCUT2D eigenvalue weighted by Crippen LogP contribution is 2.22. The van der Waals surface area contributed by atoms with Crippen molar-refractivity contribution in [2.45, 2.75) is 33.2 Å². The van der Waals surface area contributed by atoms with Gasteiger partial charge >= 0.3 is 0 Å². The van der Waals surface area contributed by atoms with E-state index in [-0.39, 0.29) is 5.41 Å². The van der Waals surface area contributed by atoms with E-state index >= 15 is 0 Å². The monoisotopic (exact) mass is 248 g/mol. The number of likely N-dealkylation sites (N-methyl/N-ethyl adjacent to an activating group) is 1. The van der Waals surface area contributed by atoms with Gasteiger partial charge in [0.15, 0.2) is 0 Å². The van der Waals surface area contributed by atoms with Crippen molar-refractivity contribution in [3.63, 3.8) is 0 Å². The van der Waals surface area contributed by atoms with Crippen molar-refractivity contribution < 1.29 is 4.52 Å². The Morgan fingerprint density at radius 2 is 2.22 bits per heavy atom. The summed E-state index contributed by atoms with van der Waals surface area (Å²) in [6.07, 6.45) is 2.57. The maximum absolute atomic E-state index is 5.29. The van der Waals surface area contributed by atoms with Gasteiger partial charge in [-0.15, -0.1) is 0 Å². The second-order valence-corrected chi connectivity index (χ2v) is 5.51. The van der Waals surface area contributed by atoms with Crippen LogP contribution in [0, 0.1) is 5.41 Å². The number of rotatable bonds is 4. The average Bonchev–Trinajstić information content (AvgIpc) is 2.94. The van der Waals surface area contributed by atoms with Gasteiger partial charge in [0.05, 0.1) is 5.69 Å². The predicted molar refractivity (Wildman–Crippen MR) is 70.1 cm³/mol. The topological polar surface area (TPSA) is 66.7 Å². The molecule has 5 nitrogen and oxygen atoms in total. The SMILES string of the molecule is CNC(Cc1nc(-c2ccc[nH]2)no1)C(C)(C)C. The van der Waals surface area contributed by atoms with Crippen molar-refractivity contribution in [1.82, 2.24) is 20.4 Å². The quantitative estimate of drug-likeness (QED) is 0.870. The molecule has 0 radical (unpaired) electrons. The van der Waals surface area contributed by atoms with Crippen LogP contribution in [0.25, 0.3) is 11.5 Å². The van der Waals surface area contributed by atoms with Crippen LogP contribution in [-0.2, 0) is 6.42 Å². The maximum atomic E-state index is 5.29. The molecule has 2 N–H and O–H groups in total. The lowest BCUT2D eigenvalue weighted by Crippen LogP contribution is -2.39. The van der Waals surface area contributed by atoms with Crippen LogP contribution in [0.3, 0.4) is 0 Å². The first kappa shape index (κ1) is 12.8. The summed E-state index contributed by atoms with van der Waals surface area (Å²) in [5.74, 6) is 1.27. The van der Waals surface area contributed by atoms with Crippen molar-refractivity contribution >= 4 is 0 Å². The number of aromatic nitrogens is 3. The minimum atomic E-state index is 0.149. The second kappa shape index (κ2) is 4.94. The lowest BCUT2D eigenvalue weighted by molar-refractivity contribution is 0.255. The number of hydrogen-bond acceptors (Lipinski definition) is 4. The molecule has 2 aromatic heterocycles. The molecule has 0 amide bonds. The Kier molecular flexibility index (Phi) is 3.52. The molecular formula is C13H20N4O. The summed E-state index contributed by atoms with van der Waals surface area (Å²) in [5.41, 5.74) is 1.03. The molecule has 0 aliphatic rings. The lowest BCUT2D eigenvalue weighted by atomic mass is 9.85. The van der Waals surface area contributed by atoms with Gasteiger partial charge in [0.25, 0.3) is 0 Å². The first-order valence-electron chi connectivity index (χ1n) is 6.14. The number of hydrogen-bond donors (Lipinski definition) is 2. The first-order valence-corrected chi connectivity index (χ1v) is 6.14. The molecule has 0 aliphatic heterocycles. The third kappa shape index (κ3) is 2.79. The van der Waals surface area contributed by atoms with Gasteiger partial charge in [-0.1, -0.05) is 25.9 Å². The van der Waals surface area contributed by atoms with E-state index in [1.54, 1.807) is 0 Å². The zero-order valence-corrected chi connectivity index (χ0v) is 11.3. The third-order valence-corrected chi connectivity index (χ3v) is 3.08. The molecule has 0 aliphatic carbocycles. The van der Waals surface area contributed by atoms with Gasteiger partial charge in [0, 0.05) is 18.7 Å². The molecule has 98 valence electrons. The fourth-order valence-corrected chi connectivity index (χ4v) is 1.93. The van der Waals surface area contributed by atoms with Gasteiger partial charge < -0.3 is 14.8 Å². The van der Waals surface area contributed by atoms with Crippen LogP contribution >= 0.6 is 0 Å². The van der Waals surface area contributed by atoms with Crippen LogP contribution in [-0.4, -0.2) is 28.2 Å². The molecule has 1 atom stereocenters. The van der Waals surface area contributed by atoms with Crippen LogP contribution in [0.15, 0.2) is 22.9 Å². The first-order chi connectivity index (χ1) is 8.50. The van der Waals surface area contributed by atoms with Crippen molar-refractivity contribution in [2.24, 2.45) is 5.41 Å². The lowest BCUT2D eigenvalue weighted by Gasteiger charge is -2.29. The van der Waals surface area contributed by atoms with Crippen molar-refractivity contribution in [1.29, 1.82) is 0 Å². The fraction of sp³-hybridized carbons (Fsp3) is 0.538. The minimum Gasteiger partial charge on any atom is -0.359 e. The predicted octanol–water partition coefficient (Wildman–Crippen LogP) is 2.24. The van der Waals surface area contributed by atoms with Gasteiger partial charge in [-0.25, -0.2) is 0 Å². The highest BCUT2D eigenvalue weighted by atomic mass is 16.5. The van der Waals surface area contributed by atoms with Gasteiger partial charge in [-0.3, -0.25) is 0 Å². The Labute approximate surface area is 107 Å². The van der Waals surface area contributed by atoms with Crippen LogP contribution in [0.1, 0.15) is 26.7 Å². The Morgan fingerprint density at radius 1 is 1.44 bits per heavy atom. The summed E-state index contributed by atoms with van der Waals surface area (Å²) in [5, 5.41) is 7.28. The molecule has 18 heavy (non-hydrogen) atoms. The largest absolute Gasteiger partial charge is 0.359 e. The zero-order chi connectivity index (χ0) is 13.2. The van der Waals surface area contributed by atoms with E-state index in [9.17, 15) is 0 Å². The van der Waals surface area contributed by atoms with Crippen LogP contribution in [0.2, 0.25) is 0 Å². The number of aromatic amines is 1. The molecule has 2 heterocycles. The molecule has 0 aromatic carbocycles. The number of nitrogens with zero attached hydrogens (tertiary/aromatic N) is 2. The molecule has 0 saturated heterocycles. The summed E-state index contributed by atoms with van der Waals surface area (Å²) in [6.45, 7) is 6.57. The van der Waals surface area contributed by atoms with E-state index in [0.717, 1.165) is 12.1 Å². The zero-order valence-electron chi connectivity index (χ0n) is 11.3. The Balaban J connectivity index is 2.11. The van der Waals surface area contributed by atoms with E-state index in [2.05, 4.69) is 41.2 Å². The summed E-state index contributed by atoms with van der Waals surface area (Å²) in [7, 11) is 1.96. The van der Waals surface area contributed by atoms with Crippen LogP contribution in [0.5, 0.6) is 0 Å². The van der Waals surface area contributed by atoms with E-state index in [1.807, 2.05) is 25.4 Å². The highest BCUT2D eigenvalue weighted by molar-refractivity contribution is 5.47. The van der Waals surface area contributed by atoms with E-state index in [0.29, 0.717) is 17.8 Å². The molecule has 5 heteroatoms. The Morgan fingerprint density at radius 3 is 2.78 bits per heavy atom. The smallest absolute Gasteiger partial charge is 0.228 e. The summed E-state index contributed by atoms with van der Waals surface area (Å²) in [6, 6.07) is 4.14. The average molecular weight is 248 g/mol. The van der Waals surface area contributed by atoms with Crippen LogP contribution < -0.4 is 5.32 Å². The van der Waals surface area contributed by atoms with Crippen molar-refractivity contribution in [2.75, 3.05) is 7.05 Å². The molecule has 0 spiro atoms. The molecule has 2 rings (SSSR count). The highest BCUT2D eigenvalue weighted by Gasteiger charge is 2.25. The maximum Gasteiger partial charge on any atom is 0.228 e. The van der Waals surface area contributed by atoms with Gasteiger partial charge in [0.2, 0.25) is 11.7 Å². The molecule has 1 unspecified atom stereocenters. The third-order valence-electron chi connectivity index (χ3n) is 3.08. The number of H-pyrrole nitrogens is 1. The Hall–Kier alpha value is -1.62. The summed E-state index contributed by atoms with van der Waals surface area (Å²) in [4.78, 5) is 7.47. The van der Waals surface area contributed by atoms with Crippen LogP contribution in [0.4, 0.5) is 0 Å². The van der Waals surface area contributed by atoms with Gasteiger partial charge in [0.1, 0.15) is 0 Å². The van der Waals surface area contributed by atoms with Gasteiger partial charge in [-0.05, 0) is 24.6 Å². The molecule has 0 bridgehead atoms. The van der Waals surface area contributed by atoms with Crippen molar-refractivity contribution in [3.05, 3.63) is 24.2 Å². The molecule has 2 aromatic rings. The molecule has 0 saturated carbocycles. The van der Waals surface area contributed by atoms with Gasteiger partial charge in [-0.2, -0.15) is 4.98 Å². The minimum absolute atomic E-state index is 0.149. The fourth-order valence-electron chi connectivity index (χ4n) is 1.93. The van der Waals surface area contributed by atoms with E-state index in [1.165, 1.54) is 0 Å². The second-order valence-electron chi connectivity index (χ2n) is 5.51. The number of nitrogens with one attached hydrogen (secondary N) is 2. The molecular weight excluding hydrogens is 228 g/mol. The van der Waals surface area contributed by atoms with Crippen molar-refractivity contribution in [3.8, 4) is 11.5 Å². The summed E-state index contributed by atoms with van der Waals surface area (Å²) < 4.78 is 5.29.